The molecule has 0 unspecified atom stereocenters. The summed E-state index contributed by atoms with van der Waals surface area (Å²) in [5.41, 5.74) is 1.75. The third-order valence-electron chi connectivity index (χ3n) is 3.36. The van der Waals surface area contributed by atoms with Crippen molar-refractivity contribution in [2.45, 2.75) is 6.92 Å². The first-order valence-corrected chi connectivity index (χ1v) is 6.63. The topological polar surface area (TPSA) is 69.1 Å². The average molecular weight is 295 g/mol. The van der Waals surface area contributed by atoms with Crippen LogP contribution in [0.15, 0.2) is 47.1 Å². The Morgan fingerprint density at radius 2 is 1.95 bits per heavy atom. The third kappa shape index (κ3) is 1.95. The Kier molecular flexibility index (Phi) is 2.72. The van der Waals surface area contributed by atoms with Crippen molar-refractivity contribution >= 4 is 5.65 Å². The molecule has 0 spiro atoms. The molecule has 0 N–H and O–H groups in total. The first-order chi connectivity index (χ1) is 10.7. The van der Waals surface area contributed by atoms with Crippen LogP contribution in [0.5, 0.6) is 0 Å². The van der Waals surface area contributed by atoms with Crippen molar-refractivity contribution in [1.29, 1.82) is 0 Å². The van der Waals surface area contributed by atoms with Crippen LogP contribution in [-0.4, -0.2) is 24.7 Å². The molecule has 3 heterocycles. The lowest BCUT2D eigenvalue weighted by Gasteiger charge is -1.97. The Bertz CT molecular complexity index is 975. The first-order valence-electron chi connectivity index (χ1n) is 6.63. The summed E-state index contributed by atoms with van der Waals surface area (Å²) >= 11 is 0. The van der Waals surface area contributed by atoms with E-state index in [1.54, 1.807) is 18.2 Å². The Morgan fingerprint density at radius 1 is 1.09 bits per heavy atom. The van der Waals surface area contributed by atoms with Gasteiger partial charge in [-0.15, -0.1) is 10.2 Å². The van der Waals surface area contributed by atoms with Crippen LogP contribution in [0.1, 0.15) is 5.82 Å². The van der Waals surface area contributed by atoms with E-state index in [0.717, 1.165) is 17.0 Å². The zero-order chi connectivity index (χ0) is 15.1. The fourth-order valence-corrected chi connectivity index (χ4v) is 2.22. The molecule has 3 aromatic heterocycles. The van der Waals surface area contributed by atoms with Crippen molar-refractivity contribution < 1.29 is 8.91 Å². The molecule has 0 aliphatic heterocycles. The van der Waals surface area contributed by atoms with Crippen molar-refractivity contribution in [2.75, 3.05) is 0 Å². The molecule has 0 radical (unpaired) electrons. The van der Waals surface area contributed by atoms with Crippen LogP contribution in [0.2, 0.25) is 0 Å². The van der Waals surface area contributed by atoms with Gasteiger partial charge in [-0.3, -0.25) is 4.40 Å². The SMILES string of the molecule is Cc1nnc2ccc(-c3noc(-c4ccccc4F)n3)cn12. The second kappa shape index (κ2) is 4.73. The van der Waals surface area contributed by atoms with Gasteiger partial charge in [0, 0.05) is 11.8 Å². The van der Waals surface area contributed by atoms with Crippen LogP contribution in [-0.2, 0) is 0 Å². The highest BCUT2D eigenvalue weighted by atomic mass is 19.1. The smallest absolute Gasteiger partial charge is 0.261 e. The number of benzene rings is 1. The van der Waals surface area contributed by atoms with Gasteiger partial charge < -0.3 is 4.52 Å². The van der Waals surface area contributed by atoms with Crippen LogP contribution >= 0.6 is 0 Å². The van der Waals surface area contributed by atoms with Gasteiger partial charge >= 0.3 is 0 Å². The number of fused-ring (bicyclic) bond motifs is 1. The van der Waals surface area contributed by atoms with Crippen LogP contribution in [0.25, 0.3) is 28.5 Å². The van der Waals surface area contributed by atoms with Crippen LogP contribution in [0.4, 0.5) is 4.39 Å². The maximum atomic E-state index is 13.8. The average Bonchev–Trinajstić information content (AvgIpc) is 3.15. The summed E-state index contributed by atoms with van der Waals surface area (Å²) in [5, 5.41) is 11.9. The number of aromatic nitrogens is 5. The van der Waals surface area contributed by atoms with Gasteiger partial charge in [-0.1, -0.05) is 17.3 Å². The van der Waals surface area contributed by atoms with E-state index in [0.29, 0.717) is 5.82 Å². The van der Waals surface area contributed by atoms with Crippen LogP contribution in [0.3, 0.4) is 0 Å². The highest BCUT2D eigenvalue weighted by molar-refractivity contribution is 5.61. The molecule has 0 aliphatic rings. The summed E-state index contributed by atoms with van der Waals surface area (Å²) < 4.78 is 20.8. The summed E-state index contributed by atoms with van der Waals surface area (Å²) in [4.78, 5) is 4.26. The zero-order valence-electron chi connectivity index (χ0n) is 11.6. The lowest BCUT2D eigenvalue weighted by molar-refractivity contribution is 0.429. The monoisotopic (exact) mass is 295 g/mol. The van der Waals surface area contributed by atoms with Gasteiger partial charge in [0.1, 0.15) is 11.6 Å². The van der Waals surface area contributed by atoms with Crippen LogP contribution in [0, 0.1) is 12.7 Å². The minimum atomic E-state index is -0.400. The summed E-state index contributed by atoms with van der Waals surface area (Å²) in [7, 11) is 0. The highest BCUT2D eigenvalue weighted by Gasteiger charge is 2.14. The van der Waals surface area contributed by atoms with E-state index in [-0.39, 0.29) is 11.5 Å². The minimum absolute atomic E-state index is 0.147. The molecule has 4 aromatic rings. The van der Waals surface area contributed by atoms with Crippen molar-refractivity contribution in [1.82, 2.24) is 24.7 Å². The number of aryl methyl sites for hydroxylation is 1. The highest BCUT2D eigenvalue weighted by Crippen LogP contribution is 2.24. The molecule has 7 heteroatoms. The molecule has 108 valence electrons. The summed E-state index contributed by atoms with van der Waals surface area (Å²) in [6, 6.07) is 9.91. The summed E-state index contributed by atoms with van der Waals surface area (Å²) in [5.74, 6) is 0.888. The van der Waals surface area contributed by atoms with Crippen molar-refractivity contribution in [3.63, 3.8) is 0 Å². The van der Waals surface area contributed by atoms with E-state index in [4.69, 9.17) is 4.52 Å². The maximum absolute atomic E-state index is 13.8. The molecular weight excluding hydrogens is 285 g/mol. The molecule has 0 fully saturated rings. The van der Waals surface area contributed by atoms with E-state index in [1.807, 2.05) is 29.7 Å². The zero-order valence-corrected chi connectivity index (χ0v) is 11.6. The largest absolute Gasteiger partial charge is 0.334 e. The predicted octanol–water partition coefficient (Wildman–Crippen LogP) is 2.89. The number of hydrogen-bond donors (Lipinski definition) is 0. The van der Waals surface area contributed by atoms with E-state index >= 15 is 0 Å². The minimum Gasteiger partial charge on any atom is -0.334 e. The third-order valence-corrected chi connectivity index (χ3v) is 3.36. The normalized spacial score (nSPS) is 11.2. The standard InChI is InChI=1S/C15H10FN5O/c1-9-18-19-13-7-6-10(8-21(9)13)14-17-15(22-20-14)11-4-2-3-5-12(11)16/h2-8H,1H3. The Labute approximate surface area is 124 Å². The van der Waals surface area contributed by atoms with E-state index in [9.17, 15) is 4.39 Å². The molecule has 0 atom stereocenters. The number of nitrogens with zero attached hydrogens (tertiary/aromatic N) is 5. The number of pyridine rings is 1. The fourth-order valence-electron chi connectivity index (χ4n) is 2.22. The Morgan fingerprint density at radius 3 is 2.82 bits per heavy atom. The quantitative estimate of drug-likeness (QED) is 0.568. The molecule has 22 heavy (non-hydrogen) atoms. The molecule has 6 nitrogen and oxygen atoms in total. The molecule has 0 aliphatic carbocycles. The molecule has 0 saturated carbocycles. The molecular formula is C15H10FN5O. The number of halogens is 1. The van der Waals surface area contributed by atoms with Gasteiger partial charge in [0.05, 0.1) is 5.56 Å². The Balaban J connectivity index is 1.80. The molecule has 4 rings (SSSR count). The molecule has 0 saturated heterocycles. The molecule has 0 bridgehead atoms. The molecule has 0 amide bonds. The first kappa shape index (κ1) is 12.6. The summed E-state index contributed by atoms with van der Waals surface area (Å²) in [6.45, 7) is 1.85. The second-order valence-electron chi connectivity index (χ2n) is 4.80. The van der Waals surface area contributed by atoms with Gasteiger partial charge in [0.15, 0.2) is 5.65 Å². The Hall–Kier alpha value is -3.09. The second-order valence-corrected chi connectivity index (χ2v) is 4.80. The fraction of sp³-hybridized carbons (Fsp3) is 0.0667. The van der Waals surface area contributed by atoms with Gasteiger partial charge in [-0.25, -0.2) is 4.39 Å². The summed E-state index contributed by atoms with van der Waals surface area (Å²) in [6.07, 6.45) is 1.82. The van der Waals surface area contributed by atoms with Crippen molar-refractivity contribution in [3.05, 3.63) is 54.2 Å². The van der Waals surface area contributed by atoms with Gasteiger partial charge in [0.25, 0.3) is 5.89 Å². The predicted molar refractivity (Wildman–Crippen MR) is 76.4 cm³/mol. The van der Waals surface area contributed by atoms with E-state index in [1.165, 1.54) is 6.07 Å². The lowest BCUT2D eigenvalue weighted by atomic mass is 10.2. The van der Waals surface area contributed by atoms with E-state index in [2.05, 4.69) is 20.3 Å². The maximum Gasteiger partial charge on any atom is 0.261 e. The van der Waals surface area contributed by atoms with Crippen molar-refractivity contribution in [2.24, 2.45) is 0 Å². The molecule has 1 aromatic carbocycles. The lowest BCUT2D eigenvalue weighted by Crippen LogP contribution is -1.90. The van der Waals surface area contributed by atoms with E-state index < -0.39 is 5.82 Å². The van der Waals surface area contributed by atoms with Crippen LogP contribution < -0.4 is 0 Å². The number of hydrogen-bond acceptors (Lipinski definition) is 5. The number of rotatable bonds is 2. The van der Waals surface area contributed by atoms with Crippen molar-refractivity contribution in [3.8, 4) is 22.8 Å². The van der Waals surface area contributed by atoms with Gasteiger partial charge in [0.2, 0.25) is 5.82 Å². The van der Waals surface area contributed by atoms with Gasteiger partial charge in [-0.2, -0.15) is 4.98 Å². The van der Waals surface area contributed by atoms with Gasteiger partial charge in [-0.05, 0) is 31.2 Å².